The van der Waals surface area contributed by atoms with E-state index < -0.39 is 34.5 Å². The van der Waals surface area contributed by atoms with Gasteiger partial charge in [0.05, 0.1) is 11.5 Å². The van der Waals surface area contributed by atoms with E-state index in [1.807, 2.05) is 18.2 Å². The normalized spacial score (nSPS) is 15.4. The SMILES string of the molecule is Cn1c(C(=O)NC[C@H](NS(=O)(=O)c2ccccc2)C(=O)O)cc2cc(OCCC3CCNCC3)ccc21. The van der Waals surface area contributed by atoms with Crippen LogP contribution in [-0.4, -0.2) is 62.3 Å². The van der Waals surface area contributed by atoms with Crippen LogP contribution in [0, 0.1) is 5.92 Å². The molecule has 1 fully saturated rings. The first-order valence-corrected chi connectivity index (χ1v) is 13.7. The number of aryl methyl sites for hydroxylation is 1. The van der Waals surface area contributed by atoms with Gasteiger partial charge in [-0.05, 0) is 74.7 Å². The van der Waals surface area contributed by atoms with Gasteiger partial charge in [0.2, 0.25) is 10.0 Å². The zero-order valence-corrected chi connectivity index (χ0v) is 21.5. The summed E-state index contributed by atoms with van der Waals surface area (Å²) < 4.78 is 34.8. The zero-order valence-electron chi connectivity index (χ0n) is 20.6. The minimum absolute atomic E-state index is 0.0602. The van der Waals surface area contributed by atoms with Crippen LogP contribution in [0.15, 0.2) is 59.5 Å². The van der Waals surface area contributed by atoms with E-state index in [9.17, 15) is 23.1 Å². The maximum atomic E-state index is 12.9. The molecule has 2 aromatic carbocycles. The van der Waals surface area contributed by atoms with Gasteiger partial charge in [-0.3, -0.25) is 9.59 Å². The molecule has 0 unspecified atom stereocenters. The second-order valence-electron chi connectivity index (χ2n) is 9.17. The number of carboxylic acids is 1. The van der Waals surface area contributed by atoms with Gasteiger partial charge in [-0.2, -0.15) is 4.72 Å². The number of aliphatic carboxylic acids is 1. The summed E-state index contributed by atoms with van der Waals surface area (Å²) in [6.07, 6.45) is 3.33. The van der Waals surface area contributed by atoms with E-state index in [0.717, 1.165) is 49.0 Å². The largest absolute Gasteiger partial charge is 0.494 e. The third kappa shape index (κ3) is 6.68. The van der Waals surface area contributed by atoms with Crippen molar-refractivity contribution < 1.29 is 27.9 Å². The third-order valence-corrected chi connectivity index (χ3v) is 8.10. The fraction of sp³-hybridized carbons (Fsp3) is 0.385. The van der Waals surface area contributed by atoms with Crippen LogP contribution in [0.1, 0.15) is 29.8 Å². The van der Waals surface area contributed by atoms with E-state index in [-0.39, 0.29) is 4.90 Å². The van der Waals surface area contributed by atoms with Gasteiger partial charge >= 0.3 is 5.97 Å². The van der Waals surface area contributed by atoms with Gasteiger partial charge in [0.25, 0.3) is 5.91 Å². The molecular formula is C26H32N4O6S. The molecule has 0 saturated carbocycles. The highest BCUT2D eigenvalue weighted by Crippen LogP contribution is 2.25. The molecule has 1 aliphatic heterocycles. The summed E-state index contributed by atoms with van der Waals surface area (Å²) in [5.74, 6) is -0.524. The average Bonchev–Trinajstić information content (AvgIpc) is 3.23. The quantitative estimate of drug-likeness (QED) is 0.299. The number of nitrogens with one attached hydrogen (secondary N) is 3. The number of carboxylic acid groups (broad SMARTS) is 1. The predicted molar refractivity (Wildman–Crippen MR) is 139 cm³/mol. The van der Waals surface area contributed by atoms with Crippen LogP contribution < -0.4 is 20.1 Å². The number of sulfonamides is 1. The molecule has 4 rings (SSSR count). The Morgan fingerprint density at radius 1 is 1.14 bits per heavy atom. The van der Waals surface area contributed by atoms with E-state index in [2.05, 4.69) is 15.4 Å². The fourth-order valence-corrected chi connectivity index (χ4v) is 5.68. The van der Waals surface area contributed by atoms with Crippen LogP contribution >= 0.6 is 0 Å². The molecule has 11 heteroatoms. The summed E-state index contributed by atoms with van der Waals surface area (Å²) in [4.78, 5) is 24.5. The molecule has 4 N–H and O–H groups in total. The second kappa shape index (κ2) is 11.8. The Hall–Kier alpha value is -3.41. The molecule has 0 spiro atoms. The lowest BCUT2D eigenvalue weighted by Crippen LogP contribution is -2.48. The van der Waals surface area contributed by atoms with Crippen LogP contribution in [0.2, 0.25) is 0 Å². The zero-order chi connectivity index (χ0) is 26.4. The number of carbonyl (C=O) groups is 2. The number of benzene rings is 2. The molecule has 0 aliphatic carbocycles. The summed E-state index contributed by atoms with van der Waals surface area (Å²) in [6, 6.07) is 13.2. The Bertz CT molecular complexity index is 1350. The van der Waals surface area contributed by atoms with E-state index in [0.29, 0.717) is 18.2 Å². The van der Waals surface area contributed by atoms with Gasteiger partial charge in [-0.15, -0.1) is 0 Å². The monoisotopic (exact) mass is 528 g/mol. The third-order valence-electron chi connectivity index (χ3n) is 6.62. The molecule has 1 aliphatic rings. The molecular weight excluding hydrogens is 496 g/mol. The number of hydrogen-bond donors (Lipinski definition) is 4. The van der Waals surface area contributed by atoms with Crippen molar-refractivity contribution in [1.82, 2.24) is 19.9 Å². The summed E-state index contributed by atoms with van der Waals surface area (Å²) in [6.45, 7) is 2.31. The average molecular weight is 529 g/mol. The van der Waals surface area contributed by atoms with E-state index >= 15 is 0 Å². The number of hydrogen-bond acceptors (Lipinski definition) is 6. The topological polar surface area (TPSA) is 139 Å². The van der Waals surface area contributed by atoms with Crippen molar-refractivity contribution in [2.45, 2.75) is 30.2 Å². The number of ether oxygens (including phenoxy) is 1. The van der Waals surface area contributed by atoms with Crippen molar-refractivity contribution in [2.75, 3.05) is 26.2 Å². The number of carbonyl (C=O) groups excluding carboxylic acids is 1. The summed E-state index contributed by atoms with van der Waals surface area (Å²) >= 11 is 0. The Morgan fingerprint density at radius 3 is 2.57 bits per heavy atom. The number of piperidine rings is 1. The van der Waals surface area contributed by atoms with E-state index in [1.54, 1.807) is 23.7 Å². The first-order valence-electron chi connectivity index (χ1n) is 12.3. The van der Waals surface area contributed by atoms with Gasteiger partial charge in [-0.1, -0.05) is 18.2 Å². The van der Waals surface area contributed by atoms with E-state index in [4.69, 9.17) is 4.74 Å². The van der Waals surface area contributed by atoms with Gasteiger partial charge in [-0.25, -0.2) is 8.42 Å². The number of amides is 1. The van der Waals surface area contributed by atoms with Crippen LogP contribution in [0.25, 0.3) is 10.9 Å². The molecule has 0 bridgehead atoms. The van der Waals surface area contributed by atoms with Crippen molar-refractivity contribution >= 4 is 32.8 Å². The van der Waals surface area contributed by atoms with Gasteiger partial charge in [0.15, 0.2) is 0 Å². The standard InChI is InChI=1S/C26H32N4O6S/c1-30-23-8-7-20(36-14-11-18-9-12-27-13-10-18)15-19(23)16-24(30)25(31)28-17-22(26(32)33)29-37(34,35)21-5-3-2-4-6-21/h2-8,15-16,18,22,27,29H,9-14,17H2,1H3,(H,28,31)(H,32,33)/t22-/m0/s1. The van der Waals surface area contributed by atoms with Crippen LogP contribution in [0.5, 0.6) is 5.75 Å². The molecule has 1 amide bonds. The molecule has 0 radical (unpaired) electrons. The Kier molecular flexibility index (Phi) is 8.47. The van der Waals surface area contributed by atoms with Gasteiger partial charge in [0.1, 0.15) is 17.5 Å². The number of rotatable bonds is 11. The summed E-state index contributed by atoms with van der Waals surface area (Å²) in [5.41, 5.74) is 1.13. The van der Waals surface area contributed by atoms with Crippen molar-refractivity contribution in [1.29, 1.82) is 0 Å². The van der Waals surface area contributed by atoms with Gasteiger partial charge in [0, 0.05) is 24.5 Å². The van der Waals surface area contributed by atoms with Crippen molar-refractivity contribution in [3.05, 3.63) is 60.3 Å². The number of fused-ring (bicyclic) bond motifs is 1. The summed E-state index contributed by atoms with van der Waals surface area (Å²) in [5, 5.41) is 16.2. The van der Waals surface area contributed by atoms with Crippen molar-refractivity contribution in [2.24, 2.45) is 13.0 Å². The molecule has 37 heavy (non-hydrogen) atoms. The predicted octanol–water partition coefficient (Wildman–Crippen LogP) is 2.11. The van der Waals surface area contributed by atoms with Crippen molar-refractivity contribution in [3.8, 4) is 5.75 Å². The lowest BCUT2D eigenvalue weighted by Gasteiger charge is -2.22. The molecule has 1 atom stereocenters. The lowest BCUT2D eigenvalue weighted by atomic mass is 9.95. The smallest absolute Gasteiger partial charge is 0.323 e. The first kappa shape index (κ1) is 26.6. The highest BCUT2D eigenvalue weighted by Gasteiger charge is 2.26. The molecule has 198 valence electrons. The molecule has 3 aromatic rings. The Balaban J connectivity index is 1.38. The number of aromatic nitrogens is 1. The van der Waals surface area contributed by atoms with E-state index in [1.165, 1.54) is 24.3 Å². The molecule has 10 nitrogen and oxygen atoms in total. The fourth-order valence-electron chi connectivity index (χ4n) is 4.47. The molecule has 2 heterocycles. The maximum Gasteiger partial charge on any atom is 0.323 e. The van der Waals surface area contributed by atoms with Crippen LogP contribution in [-0.2, 0) is 21.9 Å². The Morgan fingerprint density at radius 2 is 1.86 bits per heavy atom. The summed E-state index contributed by atoms with van der Waals surface area (Å²) in [7, 11) is -2.33. The molecule has 1 saturated heterocycles. The minimum Gasteiger partial charge on any atom is -0.494 e. The number of nitrogens with zero attached hydrogens (tertiary/aromatic N) is 1. The van der Waals surface area contributed by atoms with Crippen LogP contribution in [0.3, 0.4) is 0 Å². The van der Waals surface area contributed by atoms with Crippen LogP contribution in [0.4, 0.5) is 0 Å². The highest BCUT2D eigenvalue weighted by molar-refractivity contribution is 7.89. The maximum absolute atomic E-state index is 12.9. The molecule has 1 aromatic heterocycles. The Labute approximate surface area is 216 Å². The first-order chi connectivity index (χ1) is 17.7. The van der Waals surface area contributed by atoms with Gasteiger partial charge < -0.3 is 25.0 Å². The van der Waals surface area contributed by atoms with Crippen molar-refractivity contribution in [3.63, 3.8) is 0 Å². The second-order valence-corrected chi connectivity index (χ2v) is 10.9. The minimum atomic E-state index is -4.07. The lowest BCUT2D eigenvalue weighted by molar-refractivity contribution is -0.138. The highest BCUT2D eigenvalue weighted by atomic mass is 32.2.